The van der Waals surface area contributed by atoms with E-state index in [0.29, 0.717) is 29.1 Å². The molecule has 0 heterocycles. The second-order valence-electron chi connectivity index (χ2n) is 4.60. The van der Waals surface area contributed by atoms with Crippen molar-refractivity contribution in [3.05, 3.63) is 65.2 Å². The number of amides is 1. The maximum absolute atomic E-state index is 12.1. The van der Waals surface area contributed by atoms with Crippen molar-refractivity contribution >= 4 is 17.3 Å². The van der Waals surface area contributed by atoms with Crippen LogP contribution in [0.2, 0.25) is 0 Å². The Labute approximate surface area is 118 Å². The van der Waals surface area contributed by atoms with Gasteiger partial charge in [-0.3, -0.25) is 4.79 Å². The summed E-state index contributed by atoms with van der Waals surface area (Å²) in [5.41, 5.74) is 8.79. The van der Waals surface area contributed by atoms with Gasteiger partial charge in [0.25, 0.3) is 5.91 Å². The molecule has 0 aromatic heterocycles. The Morgan fingerprint density at radius 2 is 1.90 bits per heavy atom. The zero-order chi connectivity index (χ0) is 14.5. The van der Waals surface area contributed by atoms with Gasteiger partial charge in [-0.1, -0.05) is 30.3 Å². The van der Waals surface area contributed by atoms with Crippen LogP contribution >= 0.6 is 0 Å². The highest BCUT2D eigenvalue weighted by atomic mass is 16.1. The number of nitrogens with one attached hydrogen (secondary N) is 2. The first-order valence-corrected chi connectivity index (χ1v) is 6.35. The Kier molecular flexibility index (Phi) is 4.15. The third-order valence-corrected chi connectivity index (χ3v) is 3.02. The fourth-order valence-corrected chi connectivity index (χ4v) is 1.90. The van der Waals surface area contributed by atoms with Gasteiger partial charge in [0.1, 0.15) is 0 Å². The first-order chi connectivity index (χ1) is 9.58. The third-order valence-electron chi connectivity index (χ3n) is 3.02. The summed E-state index contributed by atoms with van der Waals surface area (Å²) in [4.78, 5) is 12.1. The number of anilines is 1. The van der Waals surface area contributed by atoms with E-state index in [9.17, 15) is 4.79 Å². The number of nitrogen functional groups attached to an aromatic ring is 1. The molecule has 0 spiro atoms. The van der Waals surface area contributed by atoms with Crippen molar-refractivity contribution in [2.75, 3.05) is 5.73 Å². The Bertz CT molecular complexity index is 635. The summed E-state index contributed by atoms with van der Waals surface area (Å²) < 4.78 is 0. The molecule has 4 heteroatoms. The topological polar surface area (TPSA) is 79.0 Å². The Morgan fingerprint density at radius 1 is 1.20 bits per heavy atom. The van der Waals surface area contributed by atoms with Crippen LogP contribution < -0.4 is 11.1 Å². The second kappa shape index (κ2) is 6.02. The SMILES string of the molecule is CC(=N)c1cc(C(=O)NCc2ccccc2)ccc1N. The van der Waals surface area contributed by atoms with E-state index in [1.807, 2.05) is 30.3 Å². The van der Waals surface area contributed by atoms with Crippen molar-refractivity contribution in [2.24, 2.45) is 0 Å². The third kappa shape index (κ3) is 3.23. The molecule has 102 valence electrons. The van der Waals surface area contributed by atoms with E-state index in [1.54, 1.807) is 25.1 Å². The highest BCUT2D eigenvalue weighted by Crippen LogP contribution is 2.15. The monoisotopic (exact) mass is 267 g/mol. The van der Waals surface area contributed by atoms with Crippen LogP contribution in [0.5, 0.6) is 0 Å². The van der Waals surface area contributed by atoms with E-state index in [4.69, 9.17) is 11.1 Å². The summed E-state index contributed by atoms with van der Waals surface area (Å²) in [6.45, 7) is 2.13. The molecule has 4 N–H and O–H groups in total. The maximum Gasteiger partial charge on any atom is 0.251 e. The Morgan fingerprint density at radius 3 is 2.55 bits per heavy atom. The zero-order valence-corrected chi connectivity index (χ0v) is 11.3. The van der Waals surface area contributed by atoms with Crippen molar-refractivity contribution in [1.82, 2.24) is 5.32 Å². The molecule has 0 fully saturated rings. The van der Waals surface area contributed by atoms with E-state index in [-0.39, 0.29) is 5.91 Å². The summed E-state index contributed by atoms with van der Waals surface area (Å²) in [5, 5.41) is 10.5. The van der Waals surface area contributed by atoms with Crippen LogP contribution in [0.3, 0.4) is 0 Å². The van der Waals surface area contributed by atoms with Crippen LogP contribution in [0.4, 0.5) is 5.69 Å². The van der Waals surface area contributed by atoms with Crippen LogP contribution in [0.15, 0.2) is 48.5 Å². The summed E-state index contributed by atoms with van der Waals surface area (Å²) in [7, 11) is 0. The summed E-state index contributed by atoms with van der Waals surface area (Å²) in [6, 6.07) is 14.7. The highest BCUT2D eigenvalue weighted by Gasteiger charge is 2.09. The van der Waals surface area contributed by atoms with E-state index in [1.165, 1.54) is 0 Å². The van der Waals surface area contributed by atoms with Crippen molar-refractivity contribution in [3.63, 3.8) is 0 Å². The molecule has 0 radical (unpaired) electrons. The van der Waals surface area contributed by atoms with Gasteiger partial charge >= 0.3 is 0 Å². The van der Waals surface area contributed by atoms with Gasteiger partial charge in [0.15, 0.2) is 0 Å². The lowest BCUT2D eigenvalue weighted by Crippen LogP contribution is -2.23. The number of benzene rings is 2. The zero-order valence-electron chi connectivity index (χ0n) is 11.3. The van der Waals surface area contributed by atoms with Crippen LogP contribution in [0.1, 0.15) is 28.4 Å². The molecule has 2 aromatic carbocycles. The van der Waals surface area contributed by atoms with Crippen LogP contribution in [0, 0.1) is 5.41 Å². The van der Waals surface area contributed by atoms with Gasteiger partial charge in [-0.2, -0.15) is 0 Å². The number of rotatable bonds is 4. The first kappa shape index (κ1) is 13.8. The number of carbonyl (C=O) groups excluding carboxylic acids is 1. The van der Waals surface area contributed by atoms with Gasteiger partial charge in [0.2, 0.25) is 0 Å². The van der Waals surface area contributed by atoms with Crippen molar-refractivity contribution in [1.29, 1.82) is 5.41 Å². The molecule has 0 saturated heterocycles. The van der Waals surface area contributed by atoms with Crippen LogP contribution in [0.25, 0.3) is 0 Å². The van der Waals surface area contributed by atoms with Gasteiger partial charge in [-0.25, -0.2) is 0 Å². The van der Waals surface area contributed by atoms with Crippen molar-refractivity contribution < 1.29 is 4.79 Å². The summed E-state index contributed by atoms with van der Waals surface area (Å²) >= 11 is 0. The minimum atomic E-state index is -0.170. The molecule has 0 aliphatic rings. The Hall–Kier alpha value is -2.62. The van der Waals surface area contributed by atoms with Gasteiger partial charge < -0.3 is 16.5 Å². The largest absolute Gasteiger partial charge is 0.398 e. The van der Waals surface area contributed by atoms with Gasteiger partial charge in [-0.15, -0.1) is 0 Å². The second-order valence-corrected chi connectivity index (χ2v) is 4.60. The average molecular weight is 267 g/mol. The highest BCUT2D eigenvalue weighted by molar-refractivity contribution is 6.04. The molecule has 0 aliphatic heterocycles. The maximum atomic E-state index is 12.1. The number of hydrogen-bond acceptors (Lipinski definition) is 3. The predicted octanol–water partition coefficient (Wildman–Crippen LogP) is 2.59. The molecule has 4 nitrogen and oxygen atoms in total. The van der Waals surface area contributed by atoms with Gasteiger partial charge in [-0.05, 0) is 30.7 Å². The molecule has 0 bridgehead atoms. The van der Waals surface area contributed by atoms with Crippen LogP contribution in [-0.2, 0) is 6.54 Å². The van der Waals surface area contributed by atoms with Crippen molar-refractivity contribution in [3.8, 4) is 0 Å². The van der Waals surface area contributed by atoms with E-state index in [0.717, 1.165) is 5.56 Å². The molecule has 0 saturated carbocycles. The first-order valence-electron chi connectivity index (χ1n) is 6.35. The fraction of sp³-hybridized carbons (Fsp3) is 0.125. The van der Waals surface area contributed by atoms with E-state index in [2.05, 4.69) is 5.32 Å². The summed E-state index contributed by atoms with van der Waals surface area (Å²) in [6.07, 6.45) is 0. The normalized spacial score (nSPS) is 10.1. The van der Waals surface area contributed by atoms with E-state index < -0.39 is 0 Å². The molecule has 1 amide bonds. The van der Waals surface area contributed by atoms with Gasteiger partial charge in [0.05, 0.1) is 0 Å². The number of carbonyl (C=O) groups is 1. The quantitative estimate of drug-likeness (QED) is 0.588. The van der Waals surface area contributed by atoms with Crippen molar-refractivity contribution in [2.45, 2.75) is 13.5 Å². The van der Waals surface area contributed by atoms with Crippen LogP contribution in [-0.4, -0.2) is 11.6 Å². The molecule has 20 heavy (non-hydrogen) atoms. The fourth-order valence-electron chi connectivity index (χ4n) is 1.90. The molecule has 0 aliphatic carbocycles. The standard InChI is InChI=1S/C16H17N3O/c1-11(17)14-9-13(7-8-15(14)18)16(20)19-10-12-5-3-2-4-6-12/h2-9,17H,10,18H2,1H3,(H,19,20). The summed E-state index contributed by atoms with van der Waals surface area (Å²) in [5.74, 6) is -0.170. The molecule has 2 aromatic rings. The molecule has 0 unspecified atom stereocenters. The smallest absolute Gasteiger partial charge is 0.251 e. The predicted molar refractivity (Wildman–Crippen MR) is 81.0 cm³/mol. The molecule has 2 rings (SSSR count). The minimum absolute atomic E-state index is 0.170. The molecular formula is C16H17N3O. The molecular weight excluding hydrogens is 250 g/mol. The molecule has 0 atom stereocenters. The lowest BCUT2D eigenvalue weighted by Gasteiger charge is -2.08. The lowest BCUT2D eigenvalue weighted by molar-refractivity contribution is 0.0951. The Balaban J connectivity index is 2.10. The lowest BCUT2D eigenvalue weighted by atomic mass is 10.0. The number of nitrogens with two attached hydrogens (primary N) is 1. The van der Waals surface area contributed by atoms with Gasteiger partial charge in [0, 0.05) is 29.1 Å². The average Bonchev–Trinajstić information content (AvgIpc) is 2.46. The minimum Gasteiger partial charge on any atom is -0.398 e. The number of hydrogen-bond donors (Lipinski definition) is 3. The van der Waals surface area contributed by atoms with E-state index >= 15 is 0 Å².